The number of likely N-dealkylation sites (tertiary alicyclic amines) is 1. The predicted octanol–water partition coefficient (Wildman–Crippen LogP) is 2.20. The molecular weight excluding hydrogens is 296 g/mol. The minimum Gasteiger partial charge on any atom is -0.462 e. The van der Waals surface area contributed by atoms with E-state index in [1.807, 2.05) is 0 Å². The van der Waals surface area contributed by atoms with Crippen LogP contribution >= 0.6 is 0 Å². The summed E-state index contributed by atoms with van der Waals surface area (Å²) in [7, 11) is 0. The zero-order valence-corrected chi connectivity index (χ0v) is 13.3. The number of hydrogen-bond acceptors (Lipinski definition) is 4. The van der Waals surface area contributed by atoms with Crippen molar-refractivity contribution in [2.75, 3.05) is 25.0 Å². The molecule has 0 spiro atoms. The number of para-hydroxylation sites is 1. The molecule has 2 amide bonds. The van der Waals surface area contributed by atoms with Crippen molar-refractivity contribution in [1.82, 2.24) is 4.90 Å². The van der Waals surface area contributed by atoms with Gasteiger partial charge in [-0.15, -0.1) is 0 Å². The number of piperidine rings is 1. The molecule has 1 N–H and O–H groups in total. The third-order valence-corrected chi connectivity index (χ3v) is 3.72. The Morgan fingerprint density at radius 3 is 2.52 bits per heavy atom. The van der Waals surface area contributed by atoms with E-state index in [9.17, 15) is 14.4 Å². The largest absolute Gasteiger partial charge is 0.462 e. The molecular formula is C17H22N2O4. The van der Waals surface area contributed by atoms with E-state index in [1.165, 1.54) is 0 Å². The number of anilines is 1. The Bertz CT molecular complexity index is 580. The number of esters is 1. The topological polar surface area (TPSA) is 75.7 Å². The standard InChI is InChI=1S/C17H22N2O4/c1-2-23-17(22)13-8-4-5-9-14(13)18-15(20)12-16(21)19-10-6-3-7-11-19/h4-5,8-9H,2-3,6-7,10-12H2,1H3,(H,18,20). The number of nitrogens with zero attached hydrogens (tertiary/aromatic N) is 1. The summed E-state index contributed by atoms with van der Waals surface area (Å²) >= 11 is 0. The summed E-state index contributed by atoms with van der Waals surface area (Å²) in [6.07, 6.45) is 2.89. The first-order valence-corrected chi connectivity index (χ1v) is 7.95. The lowest BCUT2D eigenvalue weighted by Gasteiger charge is -2.26. The lowest BCUT2D eigenvalue weighted by atomic mass is 10.1. The van der Waals surface area contributed by atoms with E-state index >= 15 is 0 Å². The van der Waals surface area contributed by atoms with E-state index in [4.69, 9.17) is 4.74 Å². The summed E-state index contributed by atoms with van der Waals surface area (Å²) < 4.78 is 4.96. The van der Waals surface area contributed by atoms with Gasteiger partial charge < -0.3 is 15.0 Å². The number of carbonyl (C=O) groups excluding carboxylic acids is 3. The van der Waals surface area contributed by atoms with E-state index in [-0.39, 0.29) is 24.5 Å². The summed E-state index contributed by atoms with van der Waals surface area (Å²) in [5.41, 5.74) is 0.649. The summed E-state index contributed by atoms with van der Waals surface area (Å²) in [6, 6.07) is 6.61. The van der Waals surface area contributed by atoms with Crippen molar-refractivity contribution < 1.29 is 19.1 Å². The molecule has 1 heterocycles. The van der Waals surface area contributed by atoms with Gasteiger partial charge >= 0.3 is 5.97 Å². The van der Waals surface area contributed by atoms with Gasteiger partial charge in [0, 0.05) is 13.1 Å². The molecule has 0 aliphatic carbocycles. The zero-order chi connectivity index (χ0) is 16.7. The summed E-state index contributed by atoms with van der Waals surface area (Å²) in [4.78, 5) is 37.8. The van der Waals surface area contributed by atoms with Crippen LogP contribution in [0.25, 0.3) is 0 Å². The number of benzene rings is 1. The van der Waals surface area contributed by atoms with Crippen LogP contribution in [0.4, 0.5) is 5.69 Å². The quantitative estimate of drug-likeness (QED) is 0.667. The average Bonchev–Trinajstić information content (AvgIpc) is 2.56. The van der Waals surface area contributed by atoms with E-state index in [0.717, 1.165) is 19.3 Å². The first kappa shape index (κ1) is 17.0. The van der Waals surface area contributed by atoms with Crippen LogP contribution in [0.5, 0.6) is 0 Å². The van der Waals surface area contributed by atoms with Crippen LogP contribution < -0.4 is 5.32 Å². The van der Waals surface area contributed by atoms with Gasteiger partial charge in [-0.3, -0.25) is 9.59 Å². The molecule has 0 bridgehead atoms. The van der Waals surface area contributed by atoms with E-state index in [1.54, 1.807) is 36.1 Å². The van der Waals surface area contributed by atoms with E-state index < -0.39 is 11.9 Å². The van der Waals surface area contributed by atoms with Crippen molar-refractivity contribution in [2.24, 2.45) is 0 Å². The number of amides is 2. The zero-order valence-electron chi connectivity index (χ0n) is 13.3. The monoisotopic (exact) mass is 318 g/mol. The molecule has 1 aromatic carbocycles. The Morgan fingerprint density at radius 2 is 1.83 bits per heavy atom. The second-order valence-electron chi connectivity index (χ2n) is 5.43. The molecule has 1 aliphatic heterocycles. The Labute approximate surface area is 135 Å². The van der Waals surface area contributed by atoms with Crippen molar-refractivity contribution in [1.29, 1.82) is 0 Å². The van der Waals surface area contributed by atoms with Crippen molar-refractivity contribution >= 4 is 23.5 Å². The molecule has 0 aromatic heterocycles. The highest BCUT2D eigenvalue weighted by molar-refractivity contribution is 6.06. The second kappa shape index (κ2) is 8.31. The molecule has 1 aliphatic rings. The molecule has 0 unspecified atom stereocenters. The van der Waals surface area contributed by atoms with Crippen LogP contribution in [-0.2, 0) is 14.3 Å². The molecule has 1 saturated heterocycles. The molecule has 0 atom stereocenters. The van der Waals surface area contributed by atoms with Crippen LogP contribution in [0.2, 0.25) is 0 Å². The molecule has 1 aromatic rings. The molecule has 124 valence electrons. The van der Waals surface area contributed by atoms with Crippen LogP contribution in [0.3, 0.4) is 0 Å². The van der Waals surface area contributed by atoms with Gasteiger partial charge in [0.05, 0.1) is 17.9 Å². The molecule has 6 nitrogen and oxygen atoms in total. The molecule has 1 fully saturated rings. The van der Waals surface area contributed by atoms with Gasteiger partial charge in [-0.2, -0.15) is 0 Å². The van der Waals surface area contributed by atoms with Gasteiger partial charge in [-0.1, -0.05) is 12.1 Å². The van der Waals surface area contributed by atoms with Crippen molar-refractivity contribution in [3.05, 3.63) is 29.8 Å². The summed E-state index contributed by atoms with van der Waals surface area (Å²) in [5.74, 6) is -1.08. The highest BCUT2D eigenvalue weighted by atomic mass is 16.5. The first-order chi connectivity index (χ1) is 11.1. The van der Waals surface area contributed by atoms with Gasteiger partial charge in [0.15, 0.2) is 0 Å². The van der Waals surface area contributed by atoms with Crippen molar-refractivity contribution in [3.63, 3.8) is 0 Å². The van der Waals surface area contributed by atoms with E-state index in [2.05, 4.69) is 5.32 Å². The molecule has 0 radical (unpaired) electrons. The van der Waals surface area contributed by atoms with Gasteiger partial charge in [-0.05, 0) is 38.3 Å². The highest BCUT2D eigenvalue weighted by Gasteiger charge is 2.20. The smallest absolute Gasteiger partial charge is 0.340 e. The SMILES string of the molecule is CCOC(=O)c1ccccc1NC(=O)CC(=O)N1CCCCC1. The Hall–Kier alpha value is -2.37. The summed E-state index contributed by atoms with van der Waals surface area (Å²) in [5, 5.41) is 2.63. The maximum absolute atomic E-state index is 12.1. The molecule has 2 rings (SSSR count). The van der Waals surface area contributed by atoms with Crippen LogP contribution in [0.1, 0.15) is 43.0 Å². The predicted molar refractivity (Wildman–Crippen MR) is 86.1 cm³/mol. The van der Waals surface area contributed by atoms with Gasteiger partial charge in [0.2, 0.25) is 11.8 Å². The number of hydrogen-bond donors (Lipinski definition) is 1. The lowest BCUT2D eigenvalue weighted by Crippen LogP contribution is -2.37. The Morgan fingerprint density at radius 1 is 1.13 bits per heavy atom. The third-order valence-electron chi connectivity index (χ3n) is 3.72. The highest BCUT2D eigenvalue weighted by Crippen LogP contribution is 2.17. The number of rotatable bonds is 5. The van der Waals surface area contributed by atoms with Crippen LogP contribution in [0.15, 0.2) is 24.3 Å². The lowest BCUT2D eigenvalue weighted by molar-refractivity contribution is -0.135. The maximum atomic E-state index is 12.1. The molecule has 6 heteroatoms. The number of ether oxygens (including phenoxy) is 1. The minimum atomic E-state index is -0.495. The number of carbonyl (C=O) groups is 3. The molecule has 0 saturated carbocycles. The normalized spacial score (nSPS) is 14.2. The Kier molecular flexibility index (Phi) is 6.14. The fourth-order valence-electron chi connectivity index (χ4n) is 2.57. The van der Waals surface area contributed by atoms with E-state index in [0.29, 0.717) is 18.8 Å². The fraction of sp³-hybridized carbons (Fsp3) is 0.471. The summed E-state index contributed by atoms with van der Waals surface area (Å²) in [6.45, 7) is 3.40. The van der Waals surface area contributed by atoms with Crippen molar-refractivity contribution in [2.45, 2.75) is 32.6 Å². The third kappa shape index (κ3) is 4.81. The first-order valence-electron chi connectivity index (χ1n) is 7.95. The van der Waals surface area contributed by atoms with Gasteiger partial charge in [-0.25, -0.2) is 4.79 Å². The van der Waals surface area contributed by atoms with Crippen molar-refractivity contribution in [3.8, 4) is 0 Å². The maximum Gasteiger partial charge on any atom is 0.340 e. The Balaban J connectivity index is 1.97. The minimum absolute atomic E-state index is 0.171. The molecule has 23 heavy (non-hydrogen) atoms. The van der Waals surface area contributed by atoms with Gasteiger partial charge in [0.1, 0.15) is 6.42 Å². The van der Waals surface area contributed by atoms with Crippen LogP contribution in [-0.4, -0.2) is 42.4 Å². The number of nitrogens with one attached hydrogen (secondary N) is 1. The van der Waals surface area contributed by atoms with Crippen LogP contribution in [0, 0.1) is 0 Å². The van der Waals surface area contributed by atoms with Gasteiger partial charge in [0.25, 0.3) is 0 Å². The fourth-order valence-corrected chi connectivity index (χ4v) is 2.57. The second-order valence-corrected chi connectivity index (χ2v) is 5.43. The average molecular weight is 318 g/mol.